The van der Waals surface area contributed by atoms with Crippen molar-refractivity contribution < 1.29 is 13.7 Å². The zero-order valence-electron chi connectivity index (χ0n) is 7.44. The Bertz CT molecular complexity index is 451. The van der Waals surface area contributed by atoms with Crippen molar-refractivity contribution in [3.8, 4) is 0 Å². The van der Waals surface area contributed by atoms with Crippen LogP contribution in [-0.2, 0) is 6.54 Å². The molecule has 1 amide bonds. The molecule has 0 fully saturated rings. The van der Waals surface area contributed by atoms with E-state index < -0.39 is 0 Å². The van der Waals surface area contributed by atoms with Crippen LogP contribution in [0.25, 0.3) is 0 Å². The van der Waals surface area contributed by atoms with Crippen LogP contribution in [0.1, 0.15) is 16.2 Å². The van der Waals surface area contributed by atoms with Crippen LogP contribution < -0.4 is 5.32 Å². The van der Waals surface area contributed by atoms with Crippen molar-refractivity contribution in [3.05, 3.63) is 35.3 Å². The lowest BCUT2D eigenvalue weighted by Crippen LogP contribution is -2.23. The summed E-state index contributed by atoms with van der Waals surface area (Å²) in [5.74, 6) is 0.0431. The highest BCUT2D eigenvalue weighted by molar-refractivity contribution is 6.32. The van der Waals surface area contributed by atoms with Gasteiger partial charge in [-0.25, -0.2) is 0 Å². The highest BCUT2D eigenvalue weighted by Gasteiger charge is 2.12. The molecule has 2 aromatic heterocycles. The Balaban J connectivity index is 1.96. The second-order valence-corrected chi connectivity index (χ2v) is 2.98. The maximum absolute atomic E-state index is 11.5. The van der Waals surface area contributed by atoms with Gasteiger partial charge in [-0.2, -0.15) is 4.98 Å². The average molecular weight is 228 g/mol. The van der Waals surface area contributed by atoms with E-state index in [0.29, 0.717) is 5.82 Å². The third-order valence-electron chi connectivity index (χ3n) is 1.68. The summed E-state index contributed by atoms with van der Waals surface area (Å²) >= 11 is 5.62. The molecule has 0 atom stereocenters. The second-order valence-electron chi connectivity index (χ2n) is 2.64. The first-order chi connectivity index (χ1) is 7.27. The number of amides is 1. The van der Waals surface area contributed by atoms with Crippen molar-refractivity contribution in [2.45, 2.75) is 6.54 Å². The number of nitrogens with one attached hydrogen (secondary N) is 1. The van der Waals surface area contributed by atoms with E-state index in [9.17, 15) is 4.79 Å². The van der Waals surface area contributed by atoms with Crippen molar-refractivity contribution in [3.63, 3.8) is 0 Å². The van der Waals surface area contributed by atoms with Crippen LogP contribution in [-0.4, -0.2) is 16.0 Å². The Morgan fingerprint density at radius 1 is 1.60 bits per heavy atom. The van der Waals surface area contributed by atoms with Crippen LogP contribution in [0.2, 0.25) is 5.22 Å². The minimum Gasteiger partial charge on any atom is -0.452 e. The number of hydrogen-bond acceptors (Lipinski definition) is 5. The molecule has 2 rings (SSSR count). The van der Waals surface area contributed by atoms with E-state index in [1.807, 2.05) is 0 Å². The first-order valence-electron chi connectivity index (χ1n) is 4.04. The average Bonchev–Trinajstić information content (AvgIpc) is 2.84. The number of aromatic nitrogens is 2. The predicted molar refractivity (Wildman–Crippen MR) is 49.2 cm³/mol. The molecule has 0 unspecified atom stereocenters. The largest absolute Gasteiger partial charge is 0.452 e. The molecular weight excluding hydrogens is 222 g/mol. The van der Waals surface area contributed by atoms with E-state index in [4.69, 9.17) is 16.0 Å². The van der Waals surface area contributed by atoms with E-state index in [1.54, 1.807) is 0 Å². The van der Waals surface area contributed by atoms with E-state index >= 15 is 0 Å². The van der Waals surface area contributed by atoms with Gasteiger partial charge in [0.1, 0.15) is 0 Å². The normalized spacial score (nSPS) is 10.2. The number of hydrogen-bond donors (Lipinski definition) is 1. The Morgan fingerprint density at radius 3 is 3.07 bits per heavy atom. The molecule has 0 aliphatic heterocycles. The topological polar surface area (TPSA) is 81.2 Å². The van der Waals surface area contributed by atoms with Gasteiger partial charge in [0, 0.05) is 0 Å². The maximum Gasteiger partial charge on any atom is 0.256 e. The molecule has 0 aromatic carbocycles. The number of furan rings is 1. The van der Waals surface area contributed by atoms with E-state index in [0.717, 1.165) is 0 Å². The van der Waals surface area contributed by atoms with Crippen LogP contribution in [0, 0.1) is 0 Å². The van der Waals surface area contributed by atoms with Gasteiger partial charge in [-0.1, -0.05) is 5.16 Å². The number of carbonyl (C=O) groups excluding carboxylic acids is 1. The molecule has 0 saturated heterocycles. The molecule has 0 saturated carbocycles. The fraction of sp³-hybridized carbons (Fsp3) is 0.125. The van der Waals surface area contributed by atoms with Crippen molar-refractivity contribution in [1.82, 2.24) is 15.5 Å². The van der Waals surface area contributed by atoms with Crippen molar-refractivity contribution in [2.75, 3.05) is 0 Å². The molecule has 0 radical (unpaired) electrons. The van der Waals surface area contributed by atoms with Gasteiger partial charge < -0.3 is 14.3 Å². The molecule has 0 aliphatic carbocycles. The molecule has 78 valence electrons. The van der Waals surface area contributed by atoms with Crippen molar-refractivity contribution in [1.29, 1.82) is 0 Å². The fourth-order valence-electron chi connectivity index (χ4n) is 0.981. The third-order valence-corrected chi connectivity index (χ3v) is 1.97. The van der Waals surface area contributed by atoms with Crippen LogP contribution >= 0.6 is 11.6 Å². The lowest BCUT2D eigenvalue weighted by Gasteiger charge is -1.99. The molecule has 0 aliphatic rings. The van der Waals surface area contributed by atoms with Gasteiger partial charge in [-0.15, -0.1) is 0 Å². The summed E-state index contributed by atoms with van der Waals surface area (Å²) in [5, 5.41) is 6.15. The van der Waals surface area contributed by atoms with Gasteiger partial charge in [-0.05, 0) is 17.7 Å². The fourth-order valence-corrected chi connectivity index (χ4v) is 1.18. The monoisotopic (exact) mass is 227 g/mol. The summed E-state index contributed by atoms with van der Waals surface area (Å²) < 4.78 is 9.28. The standard InChI is InChI=1S/C8H6ClN3O3/c9-7-5(1-2-14-7)8(13)10-3-6-11-4-15-12-6/h1-2,4H,3H2,(H,10,13). The zero-order chi connectivity index (χ0) is 10.7. The predicted octanol–water partition coefficient (Wildman–Crippen LogP) is 1.25. The third kappa shape index (κ3) is 2.16. The number of carbonyl (C=O) groups is 1. The molecule has 0 bridgehead atoms. The first-order valence-corrected chi connectivity index (χ1v) is 4.41. The van der Waals surface area contributed by atoms with Crippen LogP contribution in [0.5, 0.6) is 0 Å². The summed E-state index contributed by atoms with van der Waals surface area (Å²) in [5.41, 5.74) is 0.278. The SMILES string of the molecule is O=C(NCc1ncon1)c1ccoc1Cl. The molecule has 1 N–H and O–H groups in total. The second kappa shape index (κ2) is 4.14. The van der Waals surface area contributed by atoms with Gasteiger partial charge in [-0.3, -0.25) is 4.79 Å². The summed E-state index contributed by atoms with van der Waals surface area (Å²) in [6.07, 6.45) is 2.53. The molecule has 0 spiro atoms. The number of nitrogens with zero attached hydrogens (tertiary/aromatic N) is 2. The maximum atomic E-state index is 11.5. The van der Waals surface area contributed by atoms with Gasteiger partial charge in [0.05, 0.1) is 18.4 Å². The minimum absolute atomic E-state index is 0.0561. The van der Waals surface area contributed by atoms with Crippen LogP contribution in [0.15, 0.2) is 27.7 Å². The smallest absolute Gasteiger partial charge is 0.256 e. The summed E-state index contributed by atoms with van der Waals surface area (Å²) in [6, 6.07) is 1.48. The lowest BCUT2D eigenvalue weighted by molar-refractivity contribution is 0.0949. The van der Waals surface area contributed by atoms with Gasteiger partial charge in [0.15, 0.2) is 5.82 Å². The van der Waals surface area contributed by atoms with Crippen molar-refractivity contribution >= 4 is 17.5 Å². The summed E-state index contributed by atoms with van der Waals surface area (Å²) in [6.45, 7) is 0.177. The van der Waals surface area contributed by atoms with E-state index in [1.165, 1.54) is 18.7 Å². The molecule has 6 nitrogen and oxygen atoms in total. The highest BCUT2D eigenvalue weighted by Crippen LogP contribution is 2.16. The Kier molecular flexibility index (Phi) is 2.68. The van der Waals surface area contributed by atoms with Gasteiger partial charge in [0.2, 0.25) is 11.6 Å². The Hall–Kier alpha value is -1.82. The van der Waals surface area contributed by atoms with Gasteiger partial charge >= 0.3 is 0 Å². The number of halogens is 1. The molecule has 2 aromatic rings. The lowest BCUT2D eigenvalue weighted by atomic mass is 10.3. The summed E-state index contributed by atoms with van der Waals surface area (Å²) in [7, 11) is 0. The van der Waals surface area contributed by atoms with Gasteiger partial charge in [0.25, 0.3) is 5.91 Å². The Labute approximate surface area is 89.2 Å². The van der Waals surface area contributed by atoms with Crippen LogP contribution in [0.4, 0.5) is 0 Å². The van der Waals surface area contributed by atoms with E-state index in [2.05, 4.69) is 20.0 Å². The van der Waals surface area contributed by atoms with Crippen LogP contribution in [0.3, 0.4) is 0 Å². The number of rotatable bonds is 3. The molecule has 2 heterocycles. The van der Waals surface area contributed by atoms with Crippen molar-refractivity contribution in [2.24, 2.45) is 0 Å². The highest BCUT2D eigenvalue weighted by atomic mass is 35.5. The summed E-state index contributed by atoms with van der Waals surface area (Å²) in [4.78, 5) is 15.2. The molecule has 7 heteroatoms. The minimum atomic E-state index is -0.349. The zero-order valence-corrected chi connectivity index (χ0v) is 8.19. The molecular formula is C8H6ClN3O3. The Morgan fingerprint density at radius 2 is 2.47 bits per heavy atom. The molecule has 15 heavy (non-hydrogen) atoms. The quantitative estimate of drug-likeness (QED) is 0.853. The van der Waals surface area contributed by atoms with E-state index in [-0.39, 0.29) is 23.2 Å². The first kappa shape index (κ1) is 9.72.